The summed E-state index contributed by atoms with van der Waals surface area (Å²) in [6, 6.07) is 30.9. The molecule has 0 spiro atoms. The maximum atomic E-state index is 12.2. The Kier molecular flexibility index (Phi) is 34.8. The van der Waals surface area contributed by atoms with Crippen LogP contribution in [0.3, 0.4) is 0 Å². The average molecular weight is 1500 g/mol. The third-order valence-corrected chi connectivity index (χ3v) is 13.8. The highest BCUT2D eigenvalue weighted by Gasteiger charge is 2.39. The van der Waals surface area contributed by atoms with Gasteiger partial charge in [-0.05, 0) is 123 Å². The maximum Gasteiger partial charge on any atom is 0.200 e. The van der Waals surface area contributed by atoms with E-state index in [1.807, 2.05) is 0 Å². The van der Waals surface area contributed by atoms with Crippen LogP contribution in [0.5, 0.6) is 92.0 Å². The first kappa shape index (κ1) is 85.7. The third-order valence-electron chi connectivity index (χ3n) is 13.8. The summed E-state index contributed by atoms with van der Waals surface area (Å²) in [6.45, 7) is 8.38. The van der Waals surface area contributed by atoms with Crippen LogP contribution >= 0.6 is 0 Å². The van der Waals surface area contributed by atoms with Gasteiger partial charge in [-0.15, -0.1) is 0 Å². The second-order valence-corrected chi connectivity index (χ2v) is 31.5. The fourth-order valence-corrected chi connectivity index (χ4v) is 10.3. The summed E-state index contributed by atoms with van der Waals surface area (Å²) in [5, 5.41) is 146. The molecule has 0 saturated carbocycles. The SMILES string of the molecule is CCOc1ccc(C2c3cc(c(O)c(O)c3O)C(c3ccc(OCC)cc3)c3cc(c(O)c(O)c3O)C(c3ccc(OCC)cc3)c3cc(c(O)c(O)c3O)C(c3ccc(OCC)cc3)c3cc2c(O)c(O)c3O)cc1.CS(C)=O.CS(C)=O.CS(C)=O.CS(C)=O.CS(C)=O.CS(C)=O. The zero-order valence-corrected chi connectivity index (χ0v) is 63.5. The second-order valence-electron chi connectivity index (χ2n) is 22.6. The predicted molar refractivity (Wildman–Crippen MR) is 400 cm³/mol. The van der Waals surface area contributed by atoms with Crippen LogP contribution in [0, 0.1) is 0 Å². The highest BCUT2D eigenvalue weighted by Crippen LogP contribution is 2.60. The molecule has 0 amide bonds. The Morgan fingerprint density at radius 3 is 0.440 bits per heavy atom. The molecule has 28 heteroatoms. The number of phenols is 12. The fourth-order valence-electron chi connectivity index (χ4n) is 10.3. The van der Waals surface area contributed by atoms with Crippen LogP contribution in [0.1, 0.15) is 118 Å². The first-order chi connectivity index (χ1) is 46.9. The number of hydrogen-bond acceptors (Lipinski definition) is 22. The van der Waals surface area contributed by atoms with Crippen molar-refractivity contribution < 1.29 is 105 Å². The molecule has 0 radical (unpaired) electrons. The van der Waals surface area contributed by atoms with Crippen molar-refractivity contribution in [3.05, 3.63) is 188 Å². The molecule has 8 aromatic carbocycles. The van der Waals surface area contributed by atoms with E-state index in [1.54, 1.807) is 200 Å². The molecule has 1 aliphatic carbocycles. The number of ether oxygens (including phenoxy) is 4. The first-order valence-electron chi connectivity index (χ1n) is 30.4. The lowest BCUT2D eigenvalue weighted by atomic mass is 9.74. The lowest BCUT2D eigenvalue weighted by Crippen LogP contribution is -2.13. The predicted octanol–water partition coefficient (Wildman–Crippen LogP) is 10.8. The molecule has 22 nitrogen and oxygen atoms in total. The van der Waals surface area contributed by atoms with E-state index < -0.39 is 157 Å². The van der Waals surface area contributed by atoms with Crippen LogP contribution in [0.2, 0.25) is 0 Å². The largest absolute Gasteiger partial charge is 0.504 e. The standard InChI is InChI=1S/C60H56O16.6C2H6OS/c1-5-73-33-17-9-29(10-18-33)45-37-25-39(51(63)57(69)49(37)61)46(30-11-19-34(20-12-30)74-6-2)41-27-43(55(67)59(71)53(41)65)48(32-15-23-36(24-16-32)76-8-4)44-28-42(54(66)60(72)56(44)68)47(31-13-21-35(22-14-31)75-7-3)40-26-38(45)50(62)58(70)52(40)64;6*1-4(2)3/h9-28,45-48,61-72H,5-8H2,1-4H3;6*1-2H3. The van der Waals surface area contributed by atoms with Crippen molar-refractivity contribution in [3.8, 4) is 92.0 Å². The first-order valence-corrected chi connectivity index (χ1v) is 42.2. The molecular weight excluding hydrogens is 1410 g/mol. The molecule has 9 rings (SSSR count). The van der Waals surface area contributed by atoms with Gasteiger partial charge >= 0.3 is 0 Å². The van der Waals surface area contributed by atoms with Gasteiger partial charge in [-0.2, -0.15) is 0 Å². The minimum Gasteiger partial charge on any atom is -0.504 e. The van der Waals surface area contributed by atoms with Crippen LogP contribution in [0.25, 0.3) is 0 Å². The Bertz CT molecular complexity index is 3460. The molecule has 0 aromatic heterocycles. The van der Waals surface area contributed by atoms with E-state index in [9.17, 15) is 86.5 Å². The van der Waals surface area contributed by atoms with Crippen molar-refractivity contribution in [2.24, 2.45) is 0 Å². The Morgan fingerprint density at radius 1 is 0.230 bits per heavy atom. The molecule has 0 heterocycles. The summed E-state index contributed by atoms with van der Waals surface area (Å²) in [4.78, 5) is 0. The third kappa shape index (κ3) is 23.8. The minimum atomic E-state index is -1.44. The van der Waals surface area contributed by atoms with Gasteiger partial charge in [0, 0.05) is 208 Å². The zero-order chi connectivity index (χ0) is 75.7. The van der Waals surface area contributed by atoms with Gasteiger partial charge in [-0.1, -0.05) is 48.5 Å². The Hall–Kier alpha value is -8.54. The molecule has 0 fully saturated rings. The van der Waals surface area contributed by atoms with Gasteiger partial charge in [0.05, 0.1) is 26.4 Å². The normalized spacial score (nSPS) is 14.2. The van der Waals surface area contributed by atoms with Gasteiger partial charge in [0.1, 0.15) is 23.0 Å². The Balaban J connectivity index is 0.000000940. The highest BCUT2D eigenvalue weighted by molar-refractivity contribution is 7.84. The van der Waals surface area contributed by atoms with Crippen LogP contribution < -0.4 is 18.9 Å². The maximum absolute atomic E-state index is 12.2. The topological polar surface area (TPSA) is 382 Å². The lowest BCUT2D eigenvalue weighted by Gasteiger charge is -2.30. The monoisotopic (exact) mass is 1500 g/mol. The van der Waals surface area contributed by atoms with Crippen molar-refractivity contribution in [2.45, 2.75) is 51.4 Å². The molecule has 8 aromatic rings. The number of fused-ring (bicyclic) bond motifs is 8. The van der Waals surface area contributed by atoms with Crippen LogP contribution in [0.15, 0.2) is 121 Å². The van der Waals surface area contributed by atoms with E-state index in [0.29, 0.717) is 49.4 Å². The summed E-state index contributed by atoms with van der Waals surface area (Å²) in [5.41, 5.74) is -0.488. The smallest absolute Gasteiger partial charge is 0.200 e. The van der Waals surface area contributed by atoms with E-state index >= 15 is 0 Å². The lowest BCUT2D eigenvalue weighted by molar-refractivity contribution is 0.340. The molecular formula is C72H92O22S6. The second kappa shape index (κ2) is 40.6. The van der Waals surface area contributed by atoms with Crippen molar-refractivity contribution >= 4 is 64.8 Å². The van der Waals surface area contributed by atoms with Gasteiger partial charge in [0.15, 0.2) is 46.0 Å². The number of rotatable bonds is 12. The molecule has 548 valence electrons. The van der Waals surface area contributed by atoms with Crippen LogP contribution in [-0.4, -0.2) is 188 Å². The van der Waals surface area contributed by atoms with Crippen molar-refractivity contribution in [1.29, 1.82) is 0 Å². The highest BCUT2D eigenvalue weighted by atomic mass is 32.2. The Morgan fingerprint density at radius 2 is 0.340 bits per heavy atom. The summed E-state index contributed by atoms with van der Waals surface area (Å²) in [6.07, 6.45) is 19.7. The van der Waals surface area contributed by atoms with E-state index in [0.717, 1.165) is 0 Å². The van der Waals surface area contributed by atoms with Gasteiger partial charge < -0.3 is 80.2 Å². The van der Waals surface area contributed by atoms with Gasteiger partial charge in [0.25, 0.3) is 0 Å². The average Bonchev–Trinajstić information content (AvgIpc) is 0.732. The van der Waals surface area contributed by atoms with Gasteiger partial charge in [-0.3, -0.25) is 25.3 Å². The van der Waals surface area contributed by atoms with Crippen molar-refractivity contribution in [2.75, 3.05) is 101 Å². The summed E-state index contributed by atoms with van der Waals surface area (Å²) < 4.78 is 80.3. The quantitative estimate of drug-likeness (QED) is 0.0506. The number of aromatic hydroxyl groups is 12. The number of benzene rings is 8. The molecule has 100 heavy (non-hydrogen) atoms. The van der Waals surface area contributed by atoms with Crippen molar-refractivity contribution in [3.63, 3.8) is 0 Å². The van der Waals surface area contributed by atoms with Gasteiger partial charge in [0.2, 0.25) is 23.0 Å². The van der Waals surface area contributed by atoms with E-state index in [2.05, 4.69) is 0 Å². The van der Waals surface area contributed by atoms with Crippen LogP contribution in [0.4, 0.5) is 0 Å². The van der Waals surface area contributed by atoms with E-state index in [-0.39, 0.29) is 66.8 Å². The minimum absolute atomic E-state index is 0.205. The molecule has 0 atom stereocenters. The van der Waals surface area contributed by atoms with E-state index in [4.69, 9.17) is 18.9 Å². The molecule has 0 unspecified atom stereocenters. The number of phenolic OH excluding ortho intramolecular Hbond substituents is 12. The van der Waals surface area contributed by atoms with Crippen LogP contribution in [-0.2, 0) is 64.8 Å². The molecule has 0 aliphatic heterocycles. The Labute approximate surface area is 599 Å². The van der Waals surface area contributed by atoms with Crippen molar-refractivity contribution in [1.82, 2.24) is 0 Å². The molecule has 8 bridgehead atoms. The van der Waals surface area contributed by atoms with E-state index in [1.165, 1.54) is 24.3 Å². The molecule has 12 N–H and O–H groups in total. The summed E-state index contributed by atoms with van der Waals surface area (Å²) >= 11 is 0. The zero-order valence-electron chi connectivity index (χ0n) is 58.6. The van der Waals surface area contributed by atoms with Gasteiger partial charge in [-0.25, -0.2) is 0 Å². The summed E-state index contributed by atoms with van der Waals surface area (Å²) in [5.74, 6) is -15.3. The summed E-state index contributed by atoms with van der Waals surface area (Å²) in [7, 11) is -3.67. The molecule has 1 aliphatic rings. The fraction of sp³-hybridized carbons (Fsp3) is 0.333. The molecule has 0 saturated heterocycles. The number of hydrogen-bond donors (Lipinski definition) is 12.